The Hall–Kier alpha value is -1.36. The average Bonchev–Trinajstić information content (AvgIpc) is 2.78. The lowest BCUT2D eigenvalue weighted by atomic mass is 9.68. The third-order valence-electron chi connectivity index (χ3n) is 8.16. The van der Waals surface area contributed by atoms with E-state index in [4.69, 9.17) is 5.26 Å². The highest BCUT2D eigenvalue weighted by molar-refractivity contribution is 5.33. The van der Waals surface area contributed by atoms with Crippen molar-refractivity contribution in [1.29, 1.82) is 5.26 Å². The molecule has 0 bridgehead atoms. The van der Waals surface area contributed by atoms with Crippen molar-refractivity contribution in [2.24, 2.45) is 23.7 Å². The van der Waals surface area contributed by atoms with E-state index in [-0.39, 0.29) is 11.4 Å². The Bertz CT molecular complexity index is 660. The zero-order valence-electron chi connectivity index (χ0n) is 19.2. The molecule has 0 atom stereocenters. The summed E-state index contributed by atoms with van der Waals surface area (Å²) in [4.78, 5) is 0. The van der Waals surface area contributed by atoms with Gasteiger partial charge in [0.2, 0.25) is 0 Å². The number of nitrogens with zero attached hydrogens (tertiary/aromatic N) is 1. The quantitative estimate of drug-likeness (QED) is 0.353. The molecule has 2 saturated carbocycles. The summed E-state index contributed by atoms with van der Waals surface area (Å²) in [5, 5.41) is 8.87. The summed E-state index contributed by atoms with van der Waals surface area (Å²) < 4.78 is 13.8. The van der Waals surface area contributed by atoms with Crippen molar-refractivity contribution in [2.45, 2.75) is 110 Å². The lowest BCUT2D eigenvalue weighted by Gasteiger charge is -2.38. The molecule has 0 heterocycles. The molecule has 0 amide bonds. The molecule has 2 fully saturated rings. The summed E-state index contributed by atoms with van der Waals surface area (Å²) in [6.07, 6.45) is 22.2. The summed E-state index contributed by atoms with van der Waals surface area (Å²) in [5.74, 6) is 3.43. The van der Waals surface area contributed by atoms with Crippen LogP contribution in [-0.4, -0.2) is 0 Å². The summed E-state index contributed by atoms with van der Waals surface area (Å²) in [6, 6.07) is 7.02. The van der Waals surface area contributed by atoms with E-state index in [0.717, 1.165) is 35.7 Å². The fraction of sp³-hybridized carbons (Fsp3) is 0.750. The number of hydrogen-bond acceptors (Lipinski definition) is 1. The second-order valence-electron chi connectivity index (χ2n) is 10.2. The third kappa shape index (κ3) is 7.11. The predicted molar refractivity (Wildman–Crippen MR) is 124 cm³/mol. The van der Waals surface area contributed by atoms with Gasteiger partial charge in [0.15, 0.2) is 0 Å². The van der Waals surface area contributed by atoms with Gasteiger partial charge in [-0.05, 0) is 79.9 Å². The van der Waals surface area contributed by atoms with E-state index in [1.54, 1.807) is 12.1 Å². The maximum Gasteiger partial charge on any atom is 0.141 e. The molecule has 0 aliphatic heterocycles. The number of benzene rings is 1. The van der Waals surface area contributed by atoms with Gasteiger partial charge in [-0.15, -0.1) is 0 Å². The molecule has 3 rings (SSSR count). The summed E-state index contributed by atoms with van der Waals surface area (Å²) >= 11 is 0. The van der Waals surface area contributed by atoms with Crippen molar-refractivity contribution >= 4 is 0 Å². The Morgan fingerprint density at radius 2 is 1.43 bits per heavy atom. The van der Waals surface area contributed by atoms with Gasteiger partial charge in [-0.1, -0.05) is 77.2 Å². The van der Waals surface area contributed by atoms with Gasteiger partial charge in [0, 0.05) is 0 Å². The predicted octanol–water partition coefficient (Wildman–Crippen LogP) is 8.60. The van der Waals surface area contributed by atoms with Gasteiger partial charge < -0.3 is 0 Å². The molecule has 166 valence electrons. The molecule has 0 radical (unpaired) electrons. The van der Waals surface area contributed by atoms with Crippen LogP contribution in [0.1, 0.15) is 114 Å². The van der Waals surface area contributed by atoms with E-state index in [1.807, 2.05) is 12.1 Å². The summed E-state index contributed by atoms with van der Waals surface area (Å²) in [6.45, 7) is 2.30. The first-order valence-electron chi connectivity index (χ1n) is 12.9. The Morgan fingerprint density at radius 1 is 0.833 bits per heavy atom. The van der Waals surface area contributed by atoms with Crippen molar-refractivity contribution < 1.29 is 4.39 Å². The zero-order chi connectivity index (χ0) is 21.2. The SMILES string of the molecule is CCCCCCCC1CCC(C2CCC(CCc3ccc(C#N)c(F)c3)CC2)CC1. The summed E-state index contributed by atoms with van der Waals surface area (Å²) in [5.41, 5.74) is 1.20. The van der Waals surface area contributed by atoms with Gasteiger partial charge in [0.05, 0.1) is 5.56 Å². The maximum atomic E-state index is 13.8. The fourth-order valence-electron chi connectivity index (χ4n) is 6.11. The van der Waals surface area contributed by atoms with Crippen LogP contribution in [0.15, 0.2) is 18.2 Å². The molecule has 0 aromatic heterocycles. The van der Waals surface area contributed by atoms with Crippen LogP contribution in [0.5, 0.6) is 0 Å². The van der Waals surface area contributed by atoms with Gasteiger partial charge in [-0.25, -0.2) is 4.39 Å². The Balaban J connectivity index is 1.30. The van der Waals surface area contributed by atoms with Gasteiger partial charge >= 0.3 is 0 Å². The van der Waals surface area contributed by atoms with Crippen molar-refractivity contribution in [3.8, 4) is 6.07 Å². The molecule has 0 N–H and O–H groups in total. The molecule has 30 heavy (non-hydrogen) atoms. The molecular formula is C28H42FN. The second kappa shape index (κ2) is 12.5. The van der Waals surface area contributed by atoms with E-state index in [0.29, 0.717) is 0 Å². The molecule has 1 nitrogen and oxygen atoms in total. The van der Waals surface area contributed by atoms with Crippen molar-refractivity contribution in [3.05, 3.63) is 35.1 Å². The molecule has 0 spiro atoms. The van der Waals surface area contributed by atoms with Crippen molar-refractivity contribution in [3.63, 3.8) is 0 Å². The molecular weight excluding hydrogens is 369 g/mol. The van der Waals surface area contributed by atoms with E-state index in [9.17, 15) is 4.39 Å². The molecule has 0 unspecified atom stereocenters. The normalized spacial score (nSPS) is 27.0. The first kappa shape index (κ1) is 23.3. The zero-order valence-corrected chi connectivity index (χ0v) is 19.2. The largest absolute Gasteiger partial charge is 0.206 e. The number of rotatable bonds is 10. The van der Waals surface area contributed by atoms with Crippen molar-refractivity contribution in [2.75, 3.05) is 0 Å². The third-order valence-corrected chi connectivity index (χ3v) is 8.16. The van der Waals surface area contributed by atoms with Crippen LogP contribution in [0.4, 0.5) is 4.39 Å². The van der Waals surface area contributed by atoms with E-state index >= 15 is 0 Å². The van der Waals surface area contributed by atoms with Crippen LogP contribution in [0.3, 0.4) is 0 Å². The second-order valence-corrected chi connectivity index (χ2v) is 10.2. The van der Waals surface area contributed by atoms with Gasteiger partial charge in [0.1, 0.15) is 11.9 Å². The Kier molecular flexibility index (Phi) is 9.70. The lowest BCUT2D eigenvalue weighted by Crippen LogP contribution is -2.26. The Labute approximate surface area is 184 Å². The monoisotopic (exact) mass is 411 g/mol. The number of halogens is 1. The molecule has 2 aliphatic carbocycles. The number of nitriles is 1. The van der Waals surface area contributed by atoms with Crippen molar-refractivity contribution in [1.82, 2.24) is 0 Å². The fourth-order valence-corrected chi connectivity index (χ4v) is 6.11. The van der Waals surface area contributed by atoms with Gasteiger partial charge in [-0.2, -0.15) is 5.26 Å². The number of hydrogen-bond donors (Lipinski definition) is 0. The van der Waals surface area contributed by atoms with E-state index in [1.165, 1.54) is 96.3 Å². The standard InChI is InChI=1S/C28H42FN/c1-2-3-4-5-6-7-22-10-15-25(16-11-22)26-17-12-23(13-18-26)8-9-24-14-19-27(21-30)28(29)20-24/h14,19-20,22-23,25-26H,2-13,15-18H2,1H3. The van der Waals surface area contributed by atoms with Gasteiger partial charge in [0.25, 0.3) is 0 Å². The average molecular weight is 412 g/mol. The summed E-state index contributed by atoms with van der Waals surface area (Å²) in [7, 11) is 0. The van der Waals surface area contributed by atoms with E-state index < -0.39 is 0 Å². The smallest absolute Gasteiger partial charge is 0.141 e. The molecule has 0 saturated heterocycles. The topological polar surface area (TPSA) is 23.8 Å². The van der Waals surface area contributed by atoms with Crippen LogP contribution in [0.25, 0.3) is 0 Å². The van der Waals surface area contributed by atoms with Crippen LogP contribution >= 0.6 is 0 Å². The minimum Gasteiger partial charge on any atom is -0.206 e. The van der Waals surface area contributed by atoms with E-state index in [2.05, 4.69) is 6.92 Å². The molecule has 2 heteroatoms. The molecule has 2 aliphatic rings. The molecule has 1 aromatic rings. The number of aryl methyl sites for hydroxylation is 1. The minimum absolute atomic E-state index is 0.158. The van der Waals surface area contributed by atoms with Crippen LogP contribution < -0.4 is 0 Å². The lowest BCUT2D eigenvalue weighted by molar-refractivity contribution is 0.140. The molecule has 1 aromatic carbocycles. The Morgan fingerprint density at radius 3 is 2.00 bits per heavy atom. The highest BCUT2D eigenvalue weighted by atomic mass is 19.1. The highest BCUT2D eigenvalue weighted by Crippen LogP contribution is 2.43. The van der Waals surface area contributed by atoms with Crippen LogP contribution in [-0.2, 0) is 6.42 Å². The number of unbranched alkanes of at least 4 members (excludes halogenated alkanes) is 4. The first-order valence-corrected chi connectivity index (χ1v) is 12.9. The maximum absolute atomic E-state index is 13.8. The van der Waals surface area contributed by atoms with Gasteiger partial charge in [-0.3, -0.25) is 0 Å². The highest BCUT2D eigenvalue weighted by Gasteiger charge is 2.30. The first-order chi connectivity index (χ1) is 14.7. The van der Waals surface area contributed by atoms with Crippen LogP contribution in [0.2, 0.25) is 0 Å². The van der Waals surface area contributed by atoms with Crippen LogP contribution in [0, 0.1) is 40.8 Å². The minimum atomic E-state index is -0.365.